The molecule has 9 heteroatoms. The van der Waals surface area contributed by atoms with Gasteiger partial charge in [-0.05, 0) is 61.5 Å². The van der Waals surface area contributed by atoms with Gasteiger partial charge < -0.3 is 10.2 Å². The Morgan fingerprint density at radius 3 is 2.73 bits per heavy atom. The van der Waals surface area contributed by atoms with Gasteiger partial charge in [0.1, 0.15) is 5.84 Å². The second kappa shape index (κ2) is 10.2. The van der Waals surface area contributed by atoms with Crippen molar-refractivity contribution in [2.24, 2.45) is 4.99 Å². The summed E-state index contributed by atoms with van der Waals surface area (Å²) in [4.78, 5) is 18.9. The van der Waals surface area contributed by atoms with Gasteiger partial charge in [-0.2, -0.15) is 11.3 Å². The van der Waals surface area contributed by atoms with E-state index in [2.05, 4.69) is 31.4 Å². The van der Waals surface area contributed by atoms with Crippen LogP contribution in [0.15, 0.2) is 51.0 Å². The molecule has 1 aromatic heterocycles. The highest BCUT2D eigenvalue weighted by Gasteiger charge is 2.29. The molecule has 1 aromatic carbocycles. The fourth-order valence-corrected chi connectivity index (χ4v) is 5.34. The average Bonchev–Trinajstić information content (AvgIpc) is 3.32. The van der Waals surface area contributed by atoms with Crippen molar-refractivity contribution in [2.45, 2.75) is 36.6 Å². The number of rotatable bonds is 10. The molecule has 2 N–H and O–H groups in total. The van der Waals surface area contributed by atoms with Gasteiger partial charge in [-0.15, -0.1) is 0 Å². The lowest BCUT2D eigenvalue weighted by Gasteiger charge is -2.24. The molecular formula is C21H28N4O3S2. The van der Waals surface area contributed by atoms with Crippen LogP contribution in [0.25, 0.3) is 0 Å². The molecule has 0 radical (unpaired) electrons. The molecule has 1 amide bonds. The van der Waals surface area contributed by atoms with Gasteiger partial charge in [-0.25, -0.2) is 8.42 Å². The minimum Gasteiger partial charge on any atom is -0.354 e. The predicted octanol–water partition coefficient (Wildman–Crippen LogP) is 2.77. The third-order valence-corrected chi connectivity index (χ3v) is 7.14. The summed E-state index contributed by atoms with van der Waals surface area (Å²) >= 11 is 1.66. The lowest BCUT2D eigenvalue weighted by Crippen LogP contribution is -2.34. The van der Waals surface area contributed by atoms with E-state index in [9.17, 15) is 13.2 Å². The highest BCUT2D eigenvalue weighted by molar-refractivity contribution is 7.90. The summed E-state index contributed by atoms with van der Waals surface area (Å²) < 4.78 is 26.6. The van der Waals surface area contributed by atoms with Crippen molar-refractivity contribution in [1.82, 2.24) is 14.9 Å². The van der Waals surface area contributed by atoms with Crippen LogP contribution >= 0.6 is 11.3 Å². The largest absolute Gasteiger partial charge is 0.354 e. The number of hydrogen-bond acceptors (Lipinski definition) is 6. The quantitative estimate of drug-likeness (QED) is 0.547. The number of aliphatic imine (C=N–C) groups is 1. The summed E-state index contributed by atoms with van der Waals surface area (Å²) in [5.41, 5.74) is 1.84. The Morgan fingerprint density at radius 1 is 1.20 bits per heavy atom. The predicted molar refractivity (Wildman–Crippen MR) is 120 cm³/mol. The van der Waals surface area contributed by atoms with Crippen molar-refractivity contribution < 1.29 is 13.2 Å². The minimum absolute atomic E-state index is 0.0564. The van der Waals surface area contributed by atoms with E-state index in [4.69, 9.17) is 0 Å². The number of fused-ring (bicyclic) bond motifs is 1. The number of nitrogens with one attached hydrogen (secondary N) is 2. The SMILES string of the molecule is CN(C)C(CNC(=O)CCCCCN=C1NS(=O)(=O)c2ccccc21)c1ccsc1. The summed E-state index contributed by atoms with van der Waals surface area (Å²) in [6.45, 7) is 1.12. The van der Waals surface area contributed by atoms with E-state index in [-0.39, 0.29) is 16.8 Å². The van der Waals surface area contributed by atoms with Crippen molar-refractivity contribution in [2.75, 3.05) is 27.2 Å². The van der Waals surface area contributed by atoms with Crippen LogP contribution in [0.1, 0.15) is 42.9 Å². The summed E-state index contributed by atoms with van der Waals surface area (Å²) in [7, 11) is 0.540. The molecule has 0 aliphatic carbocycles. The number of carbonyl (C=O) groups is 1. The molecule has 0 saturated heterocycles. The van der Waals surface area contributed by atoms with Gasteiger partial charge >= 0.3 is 0 Å². The minimum atomic E-state index is -3.49. The monoisotopic (exact) mass is 448 g/mol. The molecular weight excluding hydrogens is 420 g/mol. The Morgan fingerprint density at radius 2 is 2.00 bits per heavy atom. The lowest BCUT2D eigenvalue weighted by atomic mass is 10.1. The number of thiophene rings is 1. The first-order valence-electron chi connectivity index (χ1n) is 10.0. The average molecular weight is 449 g/mol. The first-order chi connectivity index (χ1) is 14.4. The number of amides is 1. The van der Waals surface area contributed by atoms with Crippen molar-refractivity contribution in [3.05, 3.63) is 52.2 Å². The van der Waals surface area contributed by atoms with Crippen LogP contribution in [0, 0.1) is 0 Å². The Balaban J connectivity index is 1.37. The van der Waals surface area contributed by atoms with E-state index in [0.29, 0.717) is 30.9 Å². The first-order valence-corrected chi connectivity index (χ1v) is 12.4. The summed E-state index contributed by atoms with van der Waals surface area (Å²) in [6.07, 6.45) is 2.93. The topological polar surface area (TPSA) is 90.9 Å². The van der Waals surface area contributed by atoms with Crippen molar-refractivity contribution >= 4 is 33.1 Å². The third-order valence-electron chi connectivity index (χ3n) is 5.04. The van der Waals surface area contributed by atoms with E-state index in [1.165, 1.54) is 5.56 Å². The van der Waals surface area contributed by atoms with Crippen molar-refractivity contribution in [3.8, 4) is 0 Å². The molecule has 2 aromatic rings. The fourth-order valence-electron chi connectivity index (χ4n) is 3.38. The van der Waals surface area contributed by atoms with Gasteiger partial charge in [-0.1, -0.05) is 18.6 Å². The van der Waals surface area contributed by atoms with E-state index in [0.717, 1.165) is 19.3 Å². The van der Waals surface area contributed by atoms with Gasteiger partial charge in [0.25, 0.3) is 10.0 Å². The molecule has 1 atom stereocenters. The standard InChI is InChI=1S/C21H28N4O3S2/c1-25(2)18(16-11-13-29-15-16)14-23-20(26)10-4-3-7-12-22-21-17-8-5-6-9-19(17)30(27,28)24-21/h5-6,8-9,11,13,15,18H,3-4,7,10,12,14H2,1-2H3,(H,22,24)(H,23,26). The number of sulfonamides is 1. The highest BCUT2D eigenvalue weighted by atomic mass is 32.2. The molecule has 3 rings (SSSR count). The highest BCUT2D eigenvalue weighted by Crippen LogP contribution is 2.22. The number of hydrogen-bond donors (Lipinski definition) is 2. The van der Waals surface area contributed by atoms with Crippen LogP contribution in [0.4, 0.5) is 0 Å². The van der Waals surface area contributed by atoms with Crippen LogP contribution in [0.5, 0.6) is 0 Å². The van der Waals surface area contributed by atoms with Crippen molar-refractivity contribution in [1.29, 1.82) is 0 Å². The third kappa shape index (κ3) is 5.68. The Labute approximate surface area is 182 Å². The zero-order valence-corrected chi connectivity index (χ0v) is 18.9. The normalized spacial score (nSPS) is 17.0. The van der Waals surface area contributed by atoms with Gasteiger partial charge in [0.2, 0.25) is 5.91 Å². The van der Waals surface area contributed by atoms with Crippen LogP contribution in [-0.2, 0) is 14.8 Å². The molecule has 0 fully saturated rings. The number of unbranched alkanes of at least 4 members (excludes halogenated alkanes) is 2. The van der Waals surface area contributed by atoms with Crippen molar-refractivity contribution in [3.63, 3.8) is 0 Å². The second-order valence-electron chi connectivity index (χ2n) is 7.48. The smallest absolute Gasteiger partial charge is 0.263 e. The Kier molecular flexibility index (Phi) is 7.63. The number of benzene rings is 1. The number of nitrogens with zero attached hydrogens (tertiary/aromatic N) is 2. The van der Waals surface area contributed by atoms with Gasteiger partial charge in [-0.3, -0.25) is 14.5 Å². The summed E-state index contributed by atoms with van der Waals surface area (Å²) in [6, 6.07) is 9.10. The molecule has 162 valence electrons. The molecule has 1 aliphatic rings. The molecule has 0 saturated carbocycles. The van der Waals surface area contributed by atoms with Crippen LogP contribution < -0.4 is 10.0 Å². The van der Waals surface area contributed by atoms with Crippen LogP contribution in [-0.4, -0.2) is 52.2 Å². The van der Waals surface area contributed by atoms with Gasteiger partial charge in [0.05, 0.1) is 10.9 Å². The molecule has 1 unspecified atom stereocenters. The maximum atomic E-state index is 12.2. The molecule has 2 heterocycles. The second-order valence-corrected chi connectivity index (χ2v) is 9.91. The van der Waals surface area contributed by atoms with Crippen LogP contribution in [0.3, 0.4) is 0 Å². The number of amidine groups is 1. The van der Waals surface area contributed by atoms with E-state index in [1.807, 2.05) is 19.5 Å². The Hall–Kier alpha value is -2.23. The maximum Gasteiger partial charge on any atom is 0.263 e. The fraction of sp³-hybridized carbons (Fsp3) is 0.429. The first kappa shape index (κ1) is 22.5. The number of likely N-dealkylation sites (N-methyl/N-ethyl adjacent to an activating group) is 1. The maximum absolute atomic E-state index is 12.2. The molecule has 0 bridgehead atoms. The summed E-state index contributed by atoms with van der Waals surface area (Å²) in [5, 5.41) is 7.19. The molecule has 1 aliphatic heterocycles. The molecule has 0 spiro atoms. The van der Waals surface area contributed by atoms with E-state index < -0.39 is 10.0 Å². The van der Waals surface area contributed by atoms with Crippen LogP contribution in [0.2, 0.25) is 0 Å². The molecule has 7 nitrogen and oxygen atoms in total. The zero-order valence-electron chi connectivity index (χ0n) is 17.3. The van der Waals surface area contributed by atoms with E-state index in [1.54, 1.807) is 35.6 Å². The molecule has 30 heavy (non-hydrogen) atoms. The number of carbonyl (C=O) groups excluding carboxylic acids is 1. The van der Waals surface area contributed by atoms with Gasteiger partial charge in [0, 0.05) is 25.1 Å². The Bertz CT molecular complexity index is 985. The summed E-state index contributed by atoms with van der Waals surface area (Å²) in [5.74, 6) is 0.465. The van der Waals surface area contributed by atoms with Gasteiger partial charge in [0.15, 0.2) is 0 Å². The lowest BCUT2D eigenvalue weighted by molar-refractivity contribution is -0.121. The van der Waals surface area contributed by atoms with E-state index >= 15 is 0 Å². The zero-order chi connectivity index (χ0) is 21.6.